The van der Waals surface area contributed by atoms with Crippen molar-refractivity contribution >= 4 is 11.9 Å². The lowest BCUT2D eigenvalue weighted by atomic mass is 9.32. The first kappa shape index (κ1) is 29.9. The Labute approximate surface area is 246 Å². The van der Waals surface area contributed by atoms with Gasteiger partial charge in [0.1, 0.15) is 6.10 Å². The Morgan fingerprint density at radius 3 is 1.98 bits per heavy atom. The molecule has 0 spiro atoms. The summed E-state index contributed by atoms with van der Waals surface area (Å²) in [7, 11) is 0. The van der Waals surface area contributed by atoms with Crippen LogP contribution in [0.25, 0.3) is 0 Å². The zero-order valence-electron chi connectivity index (χ0n) is 26.8. The average molecular weight is 577 g/mol. The molecule has 6 aliphatic rings. The summed E-state index contributed by atoms with van der Waals surface area (Å²) in [6.45, 7) is 17.5. The first-order valence-electron chi connectivity index (χ1n) is 16.6. The van der Waals surface area contributed by atoms with Crippen molar-refractivity contribution in [1.82, 2.24) is 0 Å². The van der Waals surface area contributed by atoms with Gasteiger partial charge in [-0.2, -0.15) is 0 Å². The van der Waals surface area contributed by atoms with Crippen LogP contribution < -0.4 is 0 Å². The van der Waals surface area contributed by atoms with Crippen molar-refractivity contribution in [2.24, 2.45) is 62.1 Å². The highest BCUT2D eigenvalue weighted by molar-refractivity contribution is 5.66. The molecule has 0 amide bonds. The van der Waals surface area contributed by atoms with Crippen molar-refractivity contribution in [3.05, 3.63) is 0 Å². The maximum absolute atomic E-state index is 15.0. The summed E-state index contributed by atoms with van der Waals surface area (Å²) in [5, 5.41) is 0. The molecule has 4 nitrogen and oxygen atoms in total. The van der Waals surface area contributed by atoms with Gasteiger partial charge < -0.3 is 9.47 Å². The van der Waals surface area contributed by atoms with Gasteiger partial charge >= 0.3 is 11.9 Å². The molecular weight excluding hydrogens is 522 g/mol. The molecule has 0 unspecified atom stereocenters. The lowest BCUT2D eigenvalue weighted by Crippen LogP contribution is -2.67. The number of halogens is 2. The Kier molecular flexibility index (Phi) is 6.50. The standard InChI is InChI=1S/C35H54F2O4/c1-21(38)40-20-34-16-11-24(33(8)19-35(33,36)37)28(34)23-9-10-26-30(5)14-13-27(41-22(2)39)29(3,4)25(30)12-15-32(26,7)31(23,6)17-18-34/h23-28H,9-20H2,1-8H3/t23-,24-,25+,26-,27+,28+,30+,31-,32-,33-,34-/m1/s1. The number of hydrogen-bond acceptors (Lipinski definition) is 4. The third-order valence-corrected chi connectivity index (χ3v) is 15.5. The molecule has 0 bridgehead atoms. The summed E-state index contributed by atoms with van der Waals surface area (Å²) in [5.41, 5.74) is -0.817. The molecule has 0 heterocycles. The van der Waals surface area contributed by atoms with Crippen molar-refractivity contribution in [2.45, 2.75) is 138 Å². The second-order valence-electron chi connectivity index (χ2n) is 17.2. The third-order valence-electron chi connectivity index (χ3n) is 15.5. The Morgan fingerprint density at radius 2 is 1.37 bits per heavy atom. The van der Waals surface area contributed by atoms with Crippen LogP contribution in [-0.4, -0.2) is 30.6 Å². The van der Waals surface area contributed by atoms with E-state index >= 15 is 0 Å². The number of rotatable bonds is 4. The minimum atomic E-state index is -2.58. The number of carbonyl (C=O) groups is 2. The summed E-state index contributed by atoms with van der Waals surface area (Å²) in [6, 6.07) is 0. The summed E-state index contributed by atoms with van der Waals surface area (Å²) >= 11 is 0. The van der Waals surface area contributed by atoms with Crippen LogP contribution in [0.5, 0.6) is 0 Å². The number of carbonyl (C=O) groups excluding carboxylic acids is 2. The van der Waals surface area contributed by atoms with Gasteiger partial charge in [0.25, 0.3) is 5.92 Å². The number of ether oxygens (including phenoxy) is 2. The molecule has 0 N–H and O–H groups in total. The predicted octanol–water partition coefficient (Wildman–Crippen LogP) is 8.61. The Balaban J connectivity index is 1.36. The van der Waals surface area contributed by atoms with Crippen LogP contribution >= 0.6 is 0 Å². The van der Waals surface area contributed by atoms with E-state index in [0.29, 0.717) is 24.4 Å². The van der Waals surface area contributed by atoms with Crippen LogP contribution in [0.2, 0.25) is 0 Å². The Hall–Kier alpha value is -1.20. The van der Waals surface area contributed by atoms with E-state index in [0.717, 1.165) is 64.2 Å². The van der Waals surface area contributed by atoms with Crippen LogP contribution in [0.15, 0.2) is 0 Å². The first-order chi connectivity index (χ1) is 18.9. The van der Waals surface area contributed by atoms with Gasteiger partial charge in [-0.1, -0.05) is 41.5 Å². The predicted molar refractivity (Wildman–Crippen MR) is 154 cm³/mol. The number of alkyl halides is 2. The lowest BCUT2D eigenvalue weighted by Gasteiger charge is -2.73. The molecule has 232 valence electrons. The maximum Gasteiger partial charge on any atom is 0.302 e. The van der Waals surface area contributed by atoms with Crippen LogP contribution in [0, 0.1) is 62.1 Å². The monoisotopic (exact) mass is 576 g/mol. The number of hydrogen-bond donors (Lipinski definition) is 0. The molecule has 41 heavy (non-hydrogen) atoms. The first-order valence-corrected chi connectivity index (χ1v) is 16.6. The molecule has 0 radical (unpaired) electrons. The highest BCUT2D eigenvalue weighted by Gasteiger charge is 2.78. The zero-order valence-corrected chi connectivity index (χ0v) is 26.8. The topological polar surface area (TPSA) is 52.6 Å². The highest BCUT2D eigenvalue weighted by atomic mass is 19.3. The molecule has 6 saturated carbocycles. The van der Waals surface area contributed by atoms with Crippen molar-refractivity contribution in [3.8, 4) is 0 Å². The molecule has 6 fully saturated rings. The average Bonchev–Trinajstić information content (AvgIpc) is 3.18. The van der Waals surface area contributed by atoms with Gasteiger partial charge in [-0.15, -0.1) is 0 Å². The van der Waals surface area contributed by atoms with Crippen molar-refractivity contribution < 1.29 is 27.8 Å². The van der Waals surface area contributed by atoms with Crippen molar-refractivity contribution in [2.75, 3.05) is 6.61 Å². The Morgan fingerprint density at radius 1 is 0.707 bits per heavy atom. The molecular formula is C35H54F2O4. The van der Waals surface area contributed by atoms with Crippen LogP contribution in [-0.2, 0) is 19.1 Å². The van der Waals surface area contributed by atoms with E-state index in [2.05, 4.69) is 34.6 Å². The molecule has 6 heteroatoms. The highest BCUT2D eigenvalue weighted by Crippen LogP contribution is 2.80. The third kappa shape index (κ3) is 3.85. The maximum atomic E-state index is 15.0. The summed E-state index contributed by atoms with van der Waals surface area (Å²) in [6.07, 6.45) is 10.2. The molecule has 11 atom stereocenters. The SMILES string of the molecule is CC(=O)OC[C@]12CC[C@@H]([C@@]3(C)CC3(F)F)[C@@H]1[C@H]1CC[C@@H]3[C@@]4(C)CC[C@H](OC(C)=O)C(C)(C)[C@@H]4CC[C@@]3(C)[C@]1(C)CC2. The fourth-order valence-electron chi connectivity index (χ4n) is 13.1. The van der Waals surface area contributed by atoms with Crippen LogP contribution in [0.4, 0.5) is 8.78 Å². The zero-order chi connectivity index (χ0) is 30.0. The van der Waals surface area contributed by atoms with Gasteiger partial charge in [0.2, 0.25) is 0 Å². The molecule has 0 aromatic carbocycles. The van der Waals surface area contributed by atoms with E-state index in [-0.39, 0.29) is 63.4 Å². The van der Waals surface area contributed by atoms with Crippen LogP contribution in [0.3, 0.4) is 0 Å². The normalized spacial score (nSPS) is 52.7. The number of esters is 2. The minimum absolute atomic E-state index is 0.00642. The second kappa shape index (κ2) is 8.93. The van der Waals surface area contributed by atoms with Gasteiger partial charge in [-0.25, -0.2) is 8.78 Å². The molecule has 6 aliphatic carbocycles. The molecule has 0 aromatic heterocycles. The lowest BCUT2D eigenvalue weighted by molar-refractivity contribution is -0.254. The van der Waals surface area contributed by atoms with Crippen LogP contribution in [0.1, 0.15) is 126 Å². The molecule has 0 aromatic rings. The van der Waals surface area contributed by atoms with Gasteiger partial charge in [0, 0.05) is 36.5 Å². The van der Waals surface area contributed by atoms with Gasteiger partial charge in [-0.3, -0.25) is 9.59 Å². The molecule has 6 rings (SSSR count). The summed E-state index contributed by atoms with van der Waals surface area (Å²) in [4.78, 5) is 23.9. The smallest absolute Gasteiger partial charge is 0.302 e. The van der Waals surface area contributed by atoms with Gasteiger partial charge in [0.15, 0.2) is 0 Å². The number of fused-ring (bicyclic) bond motifs is 7. The van der Waals surface area contributed by atoms with E-state index in [9.17, 15) is 18.4 Å². The van der Waals surface area contributed by atoms with E-state index in [1.807, 2.05) is 6.92 Å². The quantitative estimate of drug-likeness (QED) is 0.315. The minimum Gasteiger partial charge on any atom is -0.465 e. The van der Waals surface area contributed by atoms with E-state index in [4.69, 9.17) is 9.47 Å². The Bertz CT molecular complexity index is 1120. The largest absolute Gasteiger partial charge is 0.465 e. The fraction of sp³-hybridized carbons (Fsp3) is 0.943. The van der Waals surface area contributed by atoms with Gasteiger partial charge in [0.05, 0.1) is 6.61 Å². The van der Waals surface area contributed by atoms with E-state index in [1.165, 1.54) is 13.8 Å². The summed E-state index contributed by atoms with van der Waals surface area (Å²) < 4.78 is 41.6. The summed E-state index contributed by atoms with van der Waals surface area (Å²) in [5.74, 6) is -1.43. The van der Waals surface area contributed by atoms with Gasteiger partial charge in [-0.05, 0) is 110 Å². The second-order valence-corrected chi connectivity index (χ2v) is 17.2. The fourth-order valence-corrected chi connectivity index (χ4v) is 13.1. The van der Waals surface area contributed by atoms with Crippen molar-refractivity contribution in [3.63, 3.8) is 0 Å². The van der Waals surface area contributed by atoms with Crippen molar-refractivity contribution in [1.29, 1.82) is 0 Å². The van der Waals surface area contributed by atoms with E-state index < -0.39 is 11.3 Å². The molecule has 0 saturated heterocycles. The molecule has 0 aliphatic heterocycles. The van der Waals surface area contributed by atoms with E-state index in [1.54, 1.807) is 0 Å².